The van der Waals surface area contributed by atoms with Crippen molar-refractivity contribution in [3.8, 4) is 5.75 Å². The second-order valence-electron chi connectivity index (χ2n) is 7.78. The van der Waals surface area contributed by atoms with E-state index in [1.807, 2.05) is 24.3 Å². The second kappa shape index (κ2) is 7.75. The Kier molecular flexibility index (Phi) is 5.17. The van der Waals surface area contributed by atoms with Gasteiger partial charge in [-0.2, -0.15) is 0 Å². The maximum Gasteiger partial charge on any atom is 0.317 e. The standard InChI is InChI=1S/C21H25N3O4/c1-28-18-10-22-17-5-3-2-4-16(17)20(18)21(27)23-14-8-15(9-14)24(12-19(25)26)11-13-6-7-13/h2-5,10,13-15H,6-9,11-12H2,1H3,(H,23,27)(H,25,26). The summed E-state index contributed by atoms with van der Waals surface area (Å²) in [5, 5.41) is 13.0. The average molecular weight is 383 g/mol. The van der Waals surface area contributed by atoms with Crippen molar-refractivity contribution in [1.82, 2.24) is 15.2 Å². The average Bonchev–Trinajstić information content (AvgIpc) is 3.46. The first-order valence-electron chi connectivity index (χ1n) is 9.73. The molecule has 4 rings (SSSR count). The molecule has 0 aliphatic heterocycles. The summed E-state index contributed by atoms with van der Waals surface area (Å²) >= 11 is 0. The number of methoxy groups -OCH3 is 1. The molecule has 7 nitrogen and oxygen atoms in total. The van der Waals surface area contributed by atoms with E-state index < -0.39 is 5.97 Å². The minimum atomic E-state index is -0.791. The molecule has 2 aromatic rings. The van der Waals surface area contributed by atoms with Crippen LogP contribution in [0.5, 0.6) is 5.75 Å². The molecule has 28 heavy (non-hydrogen) atoms. The highest BCUT2D eigenvalue weighted by molar-refractivity contribution is 6.08. The third-order valence-corrected chi connectivity index (χ3v) is 5.68. The van der Waals surface area contributed by atoms with Crippen LogP contribution in [0.1, 0.15) is 36.0 Å². The number of aromatic nitrogens is 1. The van der Waals surface area contributed by atoms with Gasteiger partial charge in [-0.3, -0.25) is 19.5 Å². The van der Waals surface area contributed by atoms with Crippen LogP contribution in [-0.4, -0.2) is 59.1 Å². The van der Waals surface area contributed by atoms with Crippen molar-refractivity contribution in [2.75, 3.05) is 20.2 Å². The smallest absolute Gasteiger partial charge is 0.317 e. The van der Waals surface area contributed by atoms with Gasteiger partial charge in [0.15, 0.2) is 5.75 Å². The van der Waals surface area contributed by atoms with E-state index in [1.54, 1.807) is 6.20 Å². The van der Waals surface area contributed by atoms with Gasteiger partial charge in [-0.15, -0.1) is 0 Å². The SMILES string of the molecule is COc1cnc2ccccc2c1C(=O)NC1CC(N(CC(=O)O)CC2CC2)C1. The molecular formula is C21H25N3O4. The Balaban J connectivity index is 1.43. The van der Waals surface area contributed by atoms with E-state index in [0.29, 0.717) is 17.2 Å². The molecular weight excluding hydrogens is 358 g/mol. The summed E-state index contributed by atoms with van der Waals surface area (Å²) in [6, 6.07) is 7.76. The molecule has 0 atom stereocenters. The second-order valence-corrected chi connectivity index (χ2v) is 7.78. The number of aliphatic carboxylic acids is 1. The summed E-state index contributed by atoms with van der Waals surface area (Å²) in [5.74, 6) is 0.126. The summed E-state index contributed by atoms with van der Waals surface area (Å²) in [6.07, 6.45) is 5.51. The molecule has 1 heterocycles. The molecule has 2 N–H and O–H groups in total. The zero-order valence-electron chi connectivity index (χ0n) is 15.9. The number of benzene rings is 1. The number of carbonyl (C=O) groups excluding carboxylic acids is 1. The van der Waals surface area contributed by atoms with Gasteiger partial charge in [-0.1, -0.05) is 18.2 Å². The van der Waals surface area contributed by atoms with E-state index in [2.05, 4.69) is 15.2 Å². The Morgan fingerprint density at radius 3 is 2.71 bits per heavy atom. The predicted molar refractivity (Wildman–Crippen MR) is 105 cm³/mol. The lowest BCUT2D eigenvalue weighted by atomic mass is 9.85. The fraction of sp³-hybridized carbons (Fsp3) is 0.476. The number of para-hydroxylation sites is 1. The Morgan fingerprint density at radius 1 is 1.29 bits per heavy atom. The molecule has 0 bridgehead atoms. The number of nitrogens with one attached hydrogen (secondary N) is 1. The van der Waals surface area contributed by atoms with Gasteiger partial charge in [0, 0.05) is 24.0 Å². The van der Waals surface area contributed by atoms with Crippen molar-refractivity contribution in [1.29, 1.82) is 0 Å². The number of fused-ring (bicyclic) bond motifs is 1. The highest BCUT2D eigenvalue weighted by atomic mass is 16.5. The number of rotatable bonds is 8. The fourth-order valence-electron chi connectivity index (χ4n) is 3.92. The van der Waals surface area contributed by atoms with Crippen LogP contribution in [0.3, 0.4) is 0 Å². The van der Waals surface area contributed by atoms with Crippen LogP contribution in [0.4, 0.5) is 0 Å². The van der Waals surface area contributed by atoms with Crippen LogP contribution >= 0.6 is 0 Å². The molecule has 0 spiro atoms. The fourth-order valence-corrected chi connectivity index (χ4v) is 3.92. The molecule has 0 radical (unpaired) electrons. The highest BCUT2D eigenvalue weighted by Gasteiger charge is 2.38. The minimum Gasteiger partial charge on any atom is -0.494 e. The van der Waals surface area contributed by atoms with E-state index >= 15 is 0 Å². The van der Waals surface area contributed by atoms with Crippen molar-refractivity contribution in [2.45, 2.75) is 37.8 Å². The molecule has 1 aromatic heterocycles. The summed E-state index contributed by atoms with van der Waals surface area (Å²) in [4.78, 5) is 30.5. The summed E-state index contributed by atoms with van der Waals surface area (Å²) in [5.41, 5.74) is 1.24. The summed E-state index contributed by atoms with van der Waals surface area (Å²) < 4.78 is 5.36. The number of hydrogen-bond donors (Lipinski definition) is 2. The van der Waals surface area contributed by atoms with Crippen LogP contribution in [-0.2, 0) is 4.79 Å². The predicted octanol–water partition coefficient (Wildman–Crippen LogP) is 2.30. The van der Waals surface area contributed by atoms with Crippen molar-refractivity contribution in [3.05, 3.63) is 36.0 Å². The van der Waals surface area contributed by atoms with Gasteiger partial charge in [0.05, 0.1) is 30.9 Å². The van der Waals surface area contributed by atoms with Gasteiger partial charge in [-0.25, -0.2) is 0 Å². The lowest BCUT2D eigenvalue weighted by Crippen LogP contribution is -2.55. The topological polar surface area (TPSA) is 91.8 Å². The lowest BCUT2D eigenvalue weighted by molar-refractivity contribution is -0.139. The molecule has 2 aliphatic carbocycles. The van der Waals surface area contributed by atoms with E-state index in [4.69, 9.17) is 4.74 Å². The number of ether oxygens (including phenoxy) is 1. The largest absolute Gasteiger partial charge is 0.494 e. The van der Waals surface area contributed by atoms with Crippen molar-refractivity contribution in [3.63, 3.8) is 0 Å². The molecule has 2 fully saturated rings. The van der Waals surface area contributed by atoms with E-state index in [0.717, 1.165) is 30.3 Å². The van der Waals surface area contributed by atoms with Crippen LogP contribution in [0.15, 0.2) is 30.5 Å². The molecule has 2 aliphatic rings. The number of carboxylic acid groups (broad SMARTS) is 1. The summed E-state index contributed by atoms with van der Waals surface area (Å²) in [7, 11) is 1.53. The molecule has 1 aromatic carbocycles. The highest BCUT2D eigenvalue weighted by Crippen LogP contribution is 2.34. The number of hydrogen-bond acceptors (Lipinski definition) is 5. The van der Waals surface area contributed by atoms with Gasteiger partial charge in [0.25, 0.3) is 5.91 Å². The van der Waals surface area contributed by atoms with E-state index in [1.165, 1.54) is 20.0 Å². The van der Waals surface area contributed by atoms with E-state index in [-0.39, 0.29) is 24.5 Å². The molecule has 0 saturated heterocycles. The maximum atomic E-state index is 13.0. The Hall–Kier alpha value is -2.67. The number of pyridine rings is 1. The molecule has 7 heteroatoms. The third kappa shape index (κ3) is 3.94. The molecule has 148 valence electrons. The van der Waals surface area contributed by atoms with Crippen LogP contribution in [0, 0.1) is 5.92 Å². The number of nitrogens with zero attached hydrogens (tertiary/aromatic N) is 2. The Bertz CT molecular complexity index is 890. The molecule has 1 amide bonds. The Labute approximate surface area is 163 Å². The third-order valence-electron chi connectivity index (χ3n) is 5.68. The van der Waals surface area contributed by atoms with Crippen molar-refractivity contribution >= 4 is 22.8 Å². The molecule has 0 unspecified atom stereocenters. The zero-order chi connectivity index (χ0) is 19.7. The normalized spacial score (nSPS) is 21.4. The Morgan fingerprint density at radius 2 is 2.04 bits per heavy atom. The first-order valence-corrected chi connectivity index (χ1v) is 9.73. The monoisotopic (exact) mass is 383 g/mol. The van der Waals surface area contributed by atoms with Crippen molar-refractivity contribution in [2.24, 2.45) is 5.92 Å². The van der Waals surface area contributed by atoms with E-state index in [9.17, 15) is 14.7 Å². The number of carbonyl (C=O) groups is 2. The van der Waals surface area contributed by atoms with Crippen LogP contribution in [0.2, 0.25) is 0 Å². The zero-order valence-corrected chi connectivity index (χ0v) is 15.9. The first-order chi connectivity index (χ1) is 13.5. The van der Waals surface area contributed by atoms with Gasteiger partial charge in [-0.05, 0) is 37.7 Å². The number of amides is 1. The van der Waals surface area contributed by atoms with Crippen LogP contribution in [0.25, 0.3) is 10.9 Å². The lowest BCUT2D eigenvalue weighted by Gasteiger charge is -2.42. The first kappa shape index (κ1) is 18.7. The maximum absolute atomic E-state index is 13.0. The molecule has 2 saturated carbocycles. The van der Waals surface area contributed by atoms with Crippen molar-refractivity contribution < 1.29 is 19.4 Å². The minimum absolute atomic E-state index is 0.0460. The number of carboxylic acids is 1. The van der Waals surface area contributed by atoms with Crippen LogP contribution < -0.4 is 10.1 Å². The van der Waals surface area contributed by atoms with Gasteiger partial charge in [0.1, 0.15) is 0 Å². The van der Waals surface area contributed by atoms with Gasteiger partial charge < -0.3 is 15.2 Å². The van der Waals surface area contributed by atoms with Gasteiger partial charge >= 0.3 is 5.97 Å². The van der Waals surface area contributed by atoms with Gasteiger partial charge in [0.2, 0.25) is 0 Å². The summed E-state index contributed by atoms with van der Waals surface area (Å²) in [6.45, 7) is 0.922. The quantitative estimate of drug-likeness (QED) is 0.727.